The van der Waals surface area contributed by atoms with E-state index < -0.39 is 0 Å². The van der Waals surface area contributed by atoms with Gasteiger partial charge in [0.25, 0.3) is 0 Å². The molecule has 2 aromatic carbocycles. The van der Waals surface area contributed by atoms with Crippen molar-refractivity contribution in [2.75, 3.05) is 13.7 Å². The summed E-state index contributed by atoms with van der Waals surface area (Å²) < 4.78 is 11.1. The molecule has 0 spiro atoms. The number of nitrogens with zero attached hydrogens (tertiary/aromatic N) is 2. The maximum absolute atomic E-state index is 12.6. The van der Waals surface area contributed by atoms with Crippen LogP contribution in [0.2, 0.25) is 0 Å². The van der Waals surface area contributed by atoms with E-state index in [-0.39, 0.29) is 11.8 Å². The first-order valence-corrected chi connectivity index (χ1v) is 13.0. The van der Waals surface area contributed by atoms with Gasteiger partial charge in [-0.15, -0.1) is 11.3 Å². The quantitative estimate of drug-likeness (QED) is 0.285. The number of carbonyl (C=O) groups is 3. The molecule has 1 atom stereocenters. The Morgan fingerprint density at radius 1 is 1.03 bits per heavy atom. The normalized spacial score (nSPS) is 10.8. The second-order valence-corrected chi connectivity index (χ2v) is 9.47. The van der Waals surface area contributed by atoms with Crippen molar-refractivity contribution in [1.82, 2.24) is 15.5 Å². The molecule has 0 fully saturated rings. The lowest BCUT2D eigenvalue weighted by atomic mass is 10.1. The van der Waals surface area contributed by atoms with Crippen LogP contribution in [0.1, 0.15) is 62.4 Å². The summed E-state index contributed by atoms with van der Waals surface area (Å²) in [5, 5.41) is 7.76. The first kappa shape index (κ1) is 32.3. The summed E-state index contributed by atoms with van der Waals surface area (Å²) in [6.07, 6.45) is 1.12. The monoisotopic (exact) mass is 539 g/mol. The SMILES string of the molecule is C=O.C=O.CC(C)c1cc(CNC(=O)C(C)c2nc3ccc(-c4ccccc4)cc3s2)on1.CCCOC. The molecule has 9 heteroatoms. The van der Waals surface area contributed by atoms with Crippen LogP contribution in [0, 0.1) is 0 Å². The summed E-state index contributed by atoms with van der Waals surface area (Å²) in [5.41, 5.74) is 4.13. The van der Waals surface area contributed by atoms with Crippen LogP contribution in [0.4, 0.5) is 0 Å². The third-order valence-electron chi connectivity index (χ3n) is 5.29. The van der Waals surface area contributed by atoms with Gasteiger partial charge in [0.2, 0.25) is 5.91 Å². The zero-order valence-corrected chi connectivity index (χ0v) is 23.5. The average molecular weight is 540 g/mol. The molecule has 0 aliphatic heterocycles. The number of ether oxygens (including phenoxy) is 1. The average Bonchev–Trinajstić information content (AvgIpc) is 3.62. The summed E-state index contributed by atoms with van der Waals surface area (Å²) in [6.45, 7) is 13.3. The fourth-order valence-electron chi connectivity index (χ4n) is 3.27. The number of fused-ring (bicyclic) bond motifs is 1. The molecule has 4 rings (SSSR count). The van der Waals surface area contributed by atoms with Gasteiger partial charge in [-0.2, -0.15) is 0 Å². The summed E-state index contributed by atoms with van der Waals surface area (Å²) >= 11 is 1.56. The van der Waals surface area contributed by atoms with Crippen LogP contribution >= 0.6 is 11.3 Å². The van der Waals surface area contributed by atoms with Crippen molar-refractivity contribution >= 4 is 41.0 Å². The Morgan fingerprint density at radius 3 is 2.26 bits per heavy atom. The highest BCUT2D eigenvalue weighted by Gasteiger charge is 2.20. The van der Waals surface area contributed by atoms with Crippen LogP contribution in [-0.2, 0) is 25.7 Å². The van der Waals surface area contributed by atoms with E-state index in [1.165, 1.54) is 5.56 Å². The molecule has 2 heterocycles. The minimum absolute atomic E-state index is 0.0742. The fraction of sp³-hybridized carbons (Fsp3) is 0.345. The Balaban J connectivity index is 0.000000709. The first-order valence-electron chi connectivity index (χ1n) is 12.2. The van der Waals surface area contributed by atoms with Crippen LogP contribution in [0.5, 0.6) is 0 Å². The van der Waals surface area contributed by atoms with Gasteiger partial charge in [0.15, 0.2) is 5.76 Å². The van der Waals surface area contributed by atoms with E-state index in [1.54, 1.807) is 18.4 Å². The predicted molar refractivity (Wildman–Crippen MR) is 152 cm³/mol. The highest BCUT2D eigenvalue weighted by Crippen LogP contribution is 2.31. The minimum Gasteiger partial charge on any atom is -0.385 e. The van der Waals surface area contributed by atoms with Crippen molar-refractivity contribution < 1.29 is 23.6 Å². The Hall–Kier alpha value is -3.69. The van der Waals surface area contributed by atoms with Crippen LogP contribution in [0.15, 0.2) is 59.1 Å². The molecule has 8 nitrogen and oxygen atoms in total. The van der Waals surface area contributed by atoms with Crippen molar-refractivity contribution in [2.45, 2.75) is 52.5 Å². The van der Waals surface area contributed by atoms with Gasteiger partial charge in [-0.05, 0) is 42.5 Å². The van der Waals surface area contributed by atoms with E-state index in [1.807, 2.05) is 50.8 Å². The van der Waals surface area contributed by atoms with Crippen molar-refractivity contribution in [3.63, 3.8) is 0 Å². The highest BCUT2D eigenvalue weighted by atomic mass is 32.1. The summed E-state index contributed by atoms with van der Waals surface area (Å²) in [4.78, 5) is 33.3. The number of hydrogen-bond donors (Lipinski definition) is 1. The van der Waals surface area contributed by atoms with E-state index in [4.69, 9.17) is 18.8 Å². The fourth-order valence-corrected chi connectivity index (χ4v) is 4.32. The van der Waals surface area contributed by atoms with Crippen molar-refractivity contribution in [2.24, 2.45) is 0 Å². The van der Waals surface area contributed by atoms with Crippen LogP contribution in [-0.4, -0.2) is 43.3 Å². The van der Waals surface area contributed by atoms with E-state index in [9.17, 15) is 4.79 Å². The maximum Gasteiger partial charge on any atom is 0.230 e. The van der Waals surface area contributed by atoms with Crippen molar-refractivity contribution in [1.29, 1.82) is 0 Å². The smallest absolute Gasteiger partial charge is 0.230 e. The molecular formula is C29H37N3O5S. The topological polar surface area (TPSA) is 111 Å². The second-order valence-electron chi connectivity index (χ2n) is 8.41. The maximum atomic E-state index is 12.6. The van der Waals surface area contributed by atoms with Gasteiger partial charge in [0.05, 0.1) is 28.4 Å². The van der Waals surface area contributed by atoms with Crippen LogP contribution < -0.4 is 5.32 Å². The Kier molecular flexibility index (Phi) is 15.1. The van der Waals surface area contributed by atoms with E-state index in [2.05, 4.69) is 60.5 Å². The molecule has 0 bridgehead atoms. The minimum atomic E-state index is -0.333. The van der Waals surface area contributed by atoms with E-state index in [0.717, 1.165) is 39.5 Å². The van der Waals surface area contributed by atoms with Crippen molar-refractivity contribution in [3.05, 3.63) is 71.1 Å². The summed E-state index contributed by atoms with van der Waals surface area (Å²) in [5.74, 6) is 0.548. The molecule has 0 radical (unpaired) electrons. The Labute approximate surface area is 228 Å². The molecule has 2 aromatic heterocycles. The number of benzene rings is 2. The Morgan fingerprint density at radius 2 is 1.71 bits per heavy atom. The molecule has 204 valence electrons. The molecule has 0 aliphatic rings. The predicted octanol–water partition coefficient (Wildman–Crippen LogP) is 6.17. The van der Waals surface area contributed by atoms with Gasteiger partial charge in [0, 0.05) is 19.8 Å². The number of hydrogen-bond acceptors (Lipinski definition) is 8. The largest absolute Gasteiger partial charge is 0.385 e. The van der Waals surface area contributed by atoms with Gasteiger partial charge in [-0.25, -0.2) is 4.98 Å². The molecule has 0 aliphatic carbocycles. The third-order valence-corrected chi connectivity index (χ3v) is 6.49. The molecule has 4 aromatic rings. The lowest BCUT2D eigenvalue weighted by Gasteiger charge is -2.08. The number of carbonyl (C=O) groups excluding carboxylic acids is 3. The zero-order chi connectivity index (χ0) is 28.5. The molecule has 1 amide bonds. The van der Waals surface area contributed by atoms with Gasteiger partial charge < -0.3 is 24.2 Å². The van der Waals surface area contributed by atoms with E-state index in [0.29, 0.717) is 18.2 Å². The zero-order valence-electron chi connectivity index (χ0n) is 22.7. The van der Waals surface area contributed by atoms with Crippen LogP contribution in [0.25, 0.3) is 21.3 Å². The number of aromatic nitrogens is 2. The third kappa shape index (κ3) is 9.64. The van der Waals surface area contributed by atoms with Gasteiger partial charge in [0.1, 0.15) is 18.6 Å². The molecule has 38 heavy (non-hydrogen) atoms. The lowest BCUT2D eigenvalue weighted by Crippen LogP contribution is -2.27. The molecule has 1 unspecified atom stereocenters. The molecule has 0 saturated heterocycles. The van der Waals surface area contributed by atoms with Crippen LogP contribution in [0.3, 0.4) is 0 Å². The molecular weight excluding hydrogens is 502 g/mol. The number of rotatable bonds is 8. The number of thiazole rings is 1. The van der Waals surface area contributed by atoms with Gasteiger partial charge in [-0.1, -0.05) is 62.3 Å². The standard InChI is InChI=1S/C23H23N3O2S.C4H10O.2CH2O/c1-14(2)20-12-18(28-26-20)13-24-22(27)15(3)23-25-19-10-9-17(11-21(19)29-23)16-7-5-4-6-8-16;1-3-4-5-2;2*1-2/h4-12,14-15H,13H2,1-3H3,(H,24,27);3-4H2,1-2H3;2*1H2. The summed E-state index contributed by atoms with van der Waals surface area (Å²) in [7, 11) is 1.71. The molecule has 0 saturated carbocycles. The highest BCUT2D eigenvalue weighted by molar-refractivity contribution is 7.18. The lowest BCUT2D eigenvalue weighted by molar-refractivity contribution is -0.122. The van der Waals surface area contributed by atoms with Gasteiger partial charge >= 0.3 is 0 Å². The second kappa shape index (κ2) is 17.7. The number of methoxy groups -OCH3 is 1. The first-order chi connectivity index (χ1) is 18.4. The number of nitrogens with one attached hydrogen (secondary N) is 1. The van der Waals surface area contributed by atoms with E-state index >= 15 is 0 Å². The van der Waals surface area contributed by atoms with Crippen molar-refractivity contribution in [3.8, 4) is 11.1 Å². The Bertz CT molecular complexity index is 1220. The van der Waals surface area contributed by atoms with Gasteiger partial charge in [-0.3, -0.25) is 4.79 Å². The summed E-state index contributed by atoms with van der Waals surface area (Å²) in [6, 6.07) is 18.4. The number of amides is 1. The molecule has 1 N–H and O–H groups in total.